The number of phenolic OH excluding ortho intramolecular Hbond substituents is 1. The molecule has 110 valence electrons. The van der Waals surface area contributed by atoms with Gasteiger partial charge in [-0.2, -0.15) is 0 Å². The first kappa shape index (κ1) is 15.8. The highest BCUT2D eigenvalue weighted by Crippen LogP contribution is 2.18. The van der Waals surface area contributed by atoms with Gasteiger partial charge in [-0.05, 0) is 18.6 Å². The van der Waals surface area contributed by atoms with Gasteiger partial charge in [-0.25, -0.2) is 4.79 Å². The van der Waals surface area contributed by atoms with E-state index >= 15 is 0 Å². The molecule has 0 aliphatic carbocycles. The smallest absolute Gasteiger partial charge is 0.321 e. The summed E-state index contributed by atoms with van der Waals surface area (Å²) in [6.45, 7) is 1.99. The first-order valence-corrected chi connectivity index (χ1v) is 6.49. The third kappa shape index (κ3) is 4.46. The van der Waals surface area contributed by atoms with Crippen LogP contribution in [-0.4, -0.2) is 35.8 Å². The highest BCUT2D eigenvalue weighted by Gasteiger charge is 2.18. The van der Waals surface area contributed by atoms with E-state index in [1.54, 1.807) is 19.2 Å². The van der Waals surface area contributed by atoms with Gasteiger partial charge in [-0.3, -0.25) is 9.69 Å². The van der Waals surface area contributed by atoms with Crippen molar-refractivity contribution < 1.29 is 19.8 Å². The van der Waals surface area contributed by atoms with Gasteiger partial charge in [-0.1, -0.05) is 19.4 Å². The van der Waals surface area contributed by atoms with Gasteiger partial charge in [0.25, 0.3) is 0 Å². The lowest BCUT2D eigenvalue weighted by molar-refractivity contribution is -0.141. The number of urea groups is 1. The van der Waals surface area contributed by atoms with Crippen LogP contribution in [0.15, 0.2) is 24.3 Å². The van der Waals surface area contributed by atoms with Crippen LogP contribution in [0.1, 0.15) is 19.8 Å². The summed E-state index contributed by atoms with van der Waals surface area (Å²) in [4.78, 5) is 24.2. The lowest BCUT2D eigenvalue weighted by Crippen LogP contribution is -2.41. The maximum atomic E-state index is 11.9. The molecule has 1 rings (SSSR count). The second-order valence-electron chi connectivity index (χ2n) is 4.59. The molecule has 1 aromatic rings. The minimum atomic E-state index is -0.910. The van der Waals surface area contributed by atoms with Crippen molar-refractivity contribution in [1.29, 1.82) is 0 Å². The van der Waals surface area contributed by atoms with Crippen LogP contribution in [0.2, 0.25) is 0 Å². The minimum absolute atomic E-state index is 0.0662. The Bertz CT molecular complexity index is 476. The van der Waals surface area contributed by atoms with E-state index in [-0.39, 0.29) is 12.3 Å². The zero-order chi connectivity index (χ0) is 15.1. The number of nitrogens with one attached hydrogen (secondary N) is 1. The average Bonchev–Trinajstić information content (AvgIpc) is 2.41. The molecule has 6 nitrogen and oxygen atoms in total. The lowest BCUT2D eigenvalue weighted by atomic mass is 10.0. The number of amides is 2. The molecule has 0 bridgehead atoms. The molecule has 20 heavy (non-hydrogen) atoms. The molecule has 0 fully saturated rings. The normalized spacial score (nSPS) is 11.7. The van der Waals surface area contributed by atoms with E-state index in [2.05, 4.69) is 5.32 Å². The van der Waals surface area contributed by atoms with Crippen LogP contribution in [0, 0.1) is 5.92 Å². The average molecular weight is 280 g/mol. The second-order valence-corrected chi connectivity index (χ2v) is 4.59. The van der Waals surface area contributed by atoms with Gasteiger partial charge in [0.1, 0.15) is 5.75 Å². The number of nitrogens with zero attached hydrogens (tertiary/aromatic N) is 1. The van der Waals surface area contributed by atoms with E-state index in [4.69, 9.17) is 5.11 Å². The quantitative estimate of drug-likeness (QED) is 0.743. The maximum absolute atomic E-state index is 11.9. The van der Waals surface area contributed by atoms with Crippen molar-refractivity contribution in [3.63, 3.8) is 0 Å². The van der Waals surface area contributed by atoms with Crippen LogP contribution in [0.3, 0.4) is 0 Å². The Kier molecular flexibility index (Phi) is 5.83. The van der Waals surface area contributed by atoms with Gasteiger partial charge in [0.2, 0.25) is 0 Å². The Balaban J connectivity index is 2.60. The number of hydrogen-bond donors (Lipinski definition) is 3. The third-order valence-corrected chi connectivity index (χ3v) is 3.01. The summed E-state index contributed by atoms with van der Waals surface area (Å²) in [5, 5.41) is 21.0. The monoisotopic (exact) mass is 280 g/mol. The molecule has 6 heteroatoms. The molecular formula is C14H20N2O4. The van der Waals surface area contributed by atoms with Crippen LogP contribution in [0.4, 0.5) is 10.5 Å². The SMILES string of the molecule is CCCC(CNC(=O)N(C)c1cccc(O)c1)C(=O)O. The summed E-state index contributed by atoms with van der Waals surface area (Å²) in [5.74, 6) is -1.43. The predicted molar refractivity (Wildman–Crippen MR) is 75.9 cm³/mol. The van der Waals surface area contributed by atoms with Crippen LogP contribution < -0.4 is 10.2 Å². The molecule has 0 spiro atoms. The number of anilines is 1. The van der Waals surface area contributed by atoms with E-state index in [1.807, 2.05) is 6.92 Å². The fraction of sp³-hybridized carbons (Fsp3) is 0.429. The van der Waals surface area contributed by atoms with Gasteiger partial charge in [0.05, 0.1) is 5.92 Å². The summed E-state index contributed by atoms with van der Waals surface area (Å²) in [6, 6.07) is 5.88. The molecule has 0 heterocycles. The zero-order valence-electron chi connectivity index (χ0n) is 11.7. The molecule has 0 aliphatic rings. The van der Waals surface area contributed by atoms with E-state index in [0.29, 0.717) is 12.1 Å². The summed E-state index contributed by atoms with van der Waals surface area (Å²) < 4.78 is 0. The molecule has 1 unspecified atom stereocenters. The summed E-state index contributed by atoms with van der Waals surface area (Å²) in [6.07, 6.45) is 1.26. The van der Waals surface area contributed by atoms with E-state index in [1.165, 1.54) is 17.0 Å². The Morgan fingerprint density at radius 3 is 2.65 bits per heavy atom. The van der Waals surface area contributed by atoms with E-state index in [0.717, 1.165) is 6.42 Å². The van der Waals surface area contributed by atoms with E-state index in [9.17, 15) is 14.7 Å². The highest BCUT2D eigenvalue weighted by atomic mass is 16.4. The standard InChI is InChI=1S/C14H20N2O4/c1-3-5-10(13(18)19)9-15-14(20)16(2)11-6-4-7-12(17)8-11/h4,6-8,10,17H,3,5,9H2,1-2H3,(H,15,20)(H,18,19). The van der Waals surface area contributed by atoms with Crippen molar-refractivity contribution in [2.75, 3.05) is 18.5 Å². The number of carbonyl (C=O) groups is 2. The fourth-order valence-electron chi connectivity index (χ4n) is 1.81. The van der Waals surface area contributed by atoms with Gasteiger partial charge in [0.15, 0.2) is 0 Å². The number of rotatable bonds is 6. The molecule has 0 aromatic heterocycles. The van der Waals surface area contributed by atoms with Gasteiger partial charge < -0.3 is 15.5 Å². The largest absolute Gasteiger partial charge is 0.508 e. The maximum Gasteiger partial charge on any atom is 0.321 e. The molecule has 1 aromatic carbocycles. The van der Waals surface area contributed by atoms with Crippen LogP contribution in [0.25, 0.3) is 0 Å². The Hall–Kier alpha value is -2.24. The topological polar surface area (TPSA) is 89.9 Å². The van der Waals surface area contributed by atoms with Crippen molar-refractivity contribution in [1.82, 2.24) is 5.32 Å². The molecule has 0 radical (unpaired) electrons. The third-order valence-electron chi connectivity index (χ3n) is 3.01. The molecule has 3 N–H and O–H groups in total. The van der Waals surface area contributed by atoms with Gasteiger partial charge in [0, 0.05) is 25.3 Å². The van der Waals surface area contributed by atoms with Crippen LogP contribution >= 0.6 is 0 Å². The van der Waals surface area contributed by atoms with Crippen molar-refractivity contribution in [2.24, 2.45) is 5.92 Å². The number of carbonyl (C=O) groups excluding carboxylic acids is 1. The number of carboxylic acids is 1. The predicted octanol–water partition coefficient (Wildman–Crippen LogP) is 2.04. The molecule has 0 aliphatic heterocycles. The summed E-state index contributed by atoms with van der Waals surface area (Å²) >= 11 is 0. The van der Waals surface area contributed by atoms with E-state index < -0.39 is 17.9 Å². The van der Waals surface area contributed by atoms with Crippen molar-refractivity contribution in [3.05, 3.63) is 24.3 Å². The molecular weight excluding hydrogens is 260 g/mol. The fourth-order valence-corrected chi connectivity index (χ4v) is 1.81. The van der Waals surface area contributed by atoms with Gasteiger partial charge in [-0.15, -0.1) is 0 Å². The molecule has 2 amide bonds. The number of aromatic hydroxyl groups is 1. The number of benzene rings is 1. The number of aliphatic carboxylic acids is 1. The highest BCUT2D eigenvalue weighted by molar-refractivity contribution is 5.91. The Morgan fingerprint density at radius 2 is 2.10 bits per heavy atom. The summed E-state index contributed by atoms with van der Waals surface area (Å²) in [7, 11) is 1.56. The van der Waals surface area contributed by atoms with Gasteiger partial charge >= 0.3 is 12.0 Å². The first-order chi connectivity index (χ1) is 9.45. The molecule has 0 saturated carbocycles. The zero-order valence-corrected chi connectivity index (χ0v) is 11.7. The van der Waals surface area contributed by atoms with Crippen molar-refractivity contribution in [3.8, 4) is 5.75 Å². The molecule has 0 saturated heterocycles. The van der Waals surface area contributed by atoms with Crippen molar-refractivity contribution >= 4 is 17.7 Å². The Labute approximate surface area is 118 Å². The first-order valence-electron chi connectivity index (χ1n) is 6.49. The Morgan fingerprint density at radius 1 is 1.40 bits per heavy atom. The van der Waals surface area contributed by atoms with Crippen LogP contribution in [0.5, 0.6) is 5.75 Å². The minimum Gasteiger partial charge on any atom is -0.508 e. The lowest BCUT2D eigenvalue weighted by Gasteiger charge is -2.20. The second kappa shape index (κ2) is 7.37. The van der Waals surface area contributed by atoms with Crippen LogP contribution in [-0.2, 0) is 4.79 Å². The molecule has 1 atom stereocenters. The number of carboxylic acid groups (broad SMARTS) is 1. The summed E-state index contributed by atoms with van der Waals surface area (Å²) in [5.41, 5.74) is 0.532. The number of hydrogen-bond acceptors (Lipinski definition) is 3. The number of phenols is 1. The van der Waals surface area contributed by atoms with Crippen molar-refractivity contribution in [2.45, 2.75) is 19.8 Å².